The normalized spacial score (nSPS) is 11.7. The van der Waals surface area contributed by atoms with Gasteiger partial charge in [-0.1, -0.05) is 20.4 Å². The molecule has 0 aliphatic carbocycles. The van der Waals surface area contributed by atoms with Gasteiger partial charge in [-0.3, -0.25) is 0 Å². The van der Waals surface area contributed by atoms with Crippen LogP contribution >= 0.6 is 0 Å². The first-order valence-electron chi connectivity index (χ1n) is 3.37. The van der Waals surface area contributed by atoms with Crippen LogP contribution in [0.1, 0.15) is 20.3 Å². The van der Waals surface area contributed by atoms with Gasteiger partial charge >= 0.3 is 0 Å². The van der Waals surface area contributed by atoms with Crippen molar-refractivity contribution < 1.29 is 4.74 Å². The number of hydrogen-bond donors (Lipinski definition) is 1. The fourth-order valence-corrected chi connectivity index (χ4v) is 0.655. The highest BCUT2D eigenvalue weighted by atomic mass is 16.5. The predicted octanol–water partition coefficient (Wildman–Crippen LogP) is 1.99. The minimum atomic E-state index is 0.574. The summed E-state index contributed by atoms with van der Waals surface area (Å²) in [6.45, 7) is 7.60. The fourth-order valence-electron chi connectivity index (χ4n) is 0.655. The second kappa shape index (κ2) is 4.91. The van der Waals surface area contributed by atoms with Crippen LogP contribution in [0.4, 0.5) is 0 Å². The molecule has 0 aromatic carbocycles. The van der Waals surface area contributed by atoms with Gasteiger partial charge in [0.25, 0.3) is 0 Å². The van der Waals surface area contributed by atoms with Crippen LogP contribution in [0, 0.1) is 5.92 Å². The molecule has 0 spiro atoms. The Morgan fingerprint density at radius 3 is 2.70 bits per heavy atom. The van der Waals surface area contributed by atoms with E-state index in [1.165, 1.54) is 12.5 Å². The first-order valence-corrected chi connectivity index (χ1v) is 3.37. The van der Waals surface area contributed by atoms with E-state index in [0.29, 0.717) is 5.92 Å². The van der Waals surface area contributed by atoms with Crippen molar-refractivity contribution in [3.8, 4) is 0 Å². The molecule has 58 valence electrons. The second-order valence-corrected chi connectivity index (χ2v) is 2.59. The molecule has 0 amide bonds. The van der Waals surface area contributed by atoms with Gasteiger partial charge < -0.3 is 10.5 Å². The lowest BCUT2D eigenvalue weighted by Gasteiger charge is -2.02. The molecule has 0 aromatic heterocycles. The van der Waals surface area contributed by atoms with E-state index in [-0.39, 0.29) is 0 Å². The van der Waals surface area contributed by atoms with Gasteiger partial charge in [-0.25, -0.2) is 0 Å². The van der Waals surface area contributed by atoms with Crippen LogP contribution in [0.25, 0.3) is 0 Å². The summed E-state index contributed by atoms with van der Waals surface area (Å²) in [5.41, 5.74) is 6.31. The Labute approximate surface area is 62.4 Å². The van der Waals surface area contributed by atoms with Gasteiger partial charge in [-0.2, -0.15) is 0 Å². The third-order valence-electron chi connectivity index (χ3n) is 0.960. The van der Waals surface area contributed by atoms with Crippen LogP contribution in [0.15, 0.2) is 24.8 Å². The summed E-state index contributed by atoms with van der Waals surface area (Å²) in [6, 6.07) is 0. The van der Waals surface area contributed by atoms with E-state index in [0.717, 1.165) is 12.1 Å². The van der Waals surface area contributed by atoms with E-state index >= 15 is 0 Å². The van der Waals surface area contributed by atoms with Crippen LogP contribution in [0.5, 0.6) is 0 Å². The van der Waals surface area contributed by atoms with Crippen LogP contribution < -0.4 is 5.73 Å². The molecule has 0 heterocycles. The van der Waals surface area contributed by atoms with Gasteiger partial charge in [0.1, 0.15) is 6.26 Å². The highest BCUT2D eigenvalue weighted by Gasteiger charge is 1.94. The summed E-state index contributed by atoms with van der Waals surface area (Å²) in [7, 11) is 0. The second-order valence-electron chi connectivity index (χ2n) is 2.59. The van der Waals surface area contributed by atoms with Crippen LogP contribution in [0.2, 0.25) is 0 Å². The van der Waals surface area contributed by atoms with Crippen molar-refractivity contribution in [3.63, 3.8) is 0 Å². The molecular formula is C8H15NO. The average Bonchev–Trinajstić information content (AvgIpc) is 1.82. The highest BCUT2D eigenvalue weighted by Crippen LogP contribution is 2.04. The summed E-state index contributed by atoms with van der Waals surface area (Å²) in [5.74, 6) is 0.574. The lowest BCUT2D eigenvalue weighted by atomic mass is 10.1. The van der Waals surface area contributed by atoms with Crippen molar-refractivity contribution >= 4 is 0 Å². The average molecular weight is 141 g/mol. The standard InChI is InChI=1S/C8H15NO/c1-4-10-6-8(9)5-7(2)3/h4,6-7H,1,5,9H2,2-3H3/b8-6+. The maximum atomic E-state index is 5.55. The van der Waals surface area contributed by atoms with Crippen molar-refractivity contribution in [3.05, 3.63) is 24.8 Å². The van der Waals surface area contributed by atoms with E-state index in [1.54, 1.807) is 0 Å². The Morgan fingerprint density at radius 2 is 2.30 bits per heavy atom. The van der Waals surface area contributed by atoms with Gasteiger partial charge in [0.2, 0.25) is 0 Å². The van der Waals surface area contributed by atoms with Gasteiger partial charge in [-0.05, 0) is 12.3 Å². The molecule has 0 aliphatic rings. The van der Waals surface area contributed by atoms with Crippen LogP contribution in [0.3, 0.4) is 0 Å². The highest BCUT2D eigenvalue weighted by molar-refractivity contribution is 4.92. The van der Waals surface area contributed by atoms with Gasteiger partial charge in [0.05, 0.1) is 6.26 Å². The number of rotatable bonds is 4. The predicted molar refractivity (Wildman–Crippen MR) is 43.0 cm³/mol. The van der Waals surface area contributed by atoms with Crippen molar-refractivity contribution in [2.75, 3.05) is 0 Å². The zero-order chi connectivity index (χ0) is 7.98. The van der Waals surface area contributed by atoms with E-state index in [1.807, 2.05) is 0 Å². The van der Waals surface area contributed by atoms with E-state index in [9.17, 15) is 0 Å². The summed E-state index contributed by atoms with van der Waals surface area (Å²) < 4.78 is 4.77. The summed E-state index contributed by atoms with van der Waals surface area (Å²) in [6.07, 6.45) is 3.74. The third kappa shape index (κ3) is 5.22. The van der Waals surface area contributed by atoms with E-state index in [4.69, 9.17) is 10.5 Å². The molecule has 2 nitrogen and oxygen atoms in total. The van der Waals surface area contributed by atoms with Crippen LogP contribution in [-0.2, 0) is 4.74 Å². The Hall–Kier alpha value is -0.920. The molecule has 0 atom stereocenters. The zero-order valence-electron chi connectivity index (χ0n) is 6.63. The Morgan fingerprint density at radius 1 is 1.70 bits per heavy atom. The minimum Gasteiger partial charge on any atom is -0.471 e. The first kappa shape index (κ1) is 9.08. The maximum absolute atomic E-state index is 5.55. The number of nitrogens with two attached hydrogens (primary N) is 1. The number of hydrogen-bond acceptors (Lipinski definition) is 2. The molecule has 0 unspecified atom stereocenters. The number of ether oxygens (including phenoxy) is 1. The summed E-state index contributed by atoms with van der Waals surface area (Å²) >= 11 is 0. The molecule has 0 bridgehead atoms. The first-order chi connectivity index (χ1) is 4.66. The van der Waals surface area contributed by atoms with Gasteiger partial charge in [0.15, 0.2) is 0 Å². The lowest BCUT2D eigenvalue weighted by molar-refractivity contribution is 0.394. The van der Waals surface area contributed by atoms with Gasteiger partial charge in [-0.15, -0.1) is 0 Å². The quantitative estimate of drug-likeness (QED) is 0.608. The summed E-state index contributed by atoms with van der Waals surface area (Å²) in [4.78, 5) is 0. The third-order valence-corrected chi connectivity index (χ3v) is 0.960. The molecule has 0 saturated carbocycles. The van der Waals surface area contributed by atoms with E-state index < -0.39 is 0 Å². The molecular weight excluding hydrogens is 126 g/mol. The topological polar surface area (TPSA) is 35.2 Å². The minimum absolute atomic E-state index is 0.574. The Balaban J connectivity index is 3.59. The molecule has 2 heteroatoms. The smallest absolute Gasteiger partial charge is 0.109 e. The van der Waals surface area contributed by atoms with Crippen molar-refractivity contribution in [2.45, 2.75) is 20.3 Å². The fraction of sp³-hybridized carbons (Fsp3) is 0.500. The monoisotopic (exact) mass is 141 g/mol. The molecule has 0 aliphatic heterocycles. The molecule has 0 rings (SSSR count). The van der Waals surface area contributed by atoms with Crippen molar-refractivity contribution in [2.24, 2.45) is 11.7 Å². The summed E-state index contributed by atoms with van der Waals surface area (Å²) in [5, 5.41) is 0. The molecule has 0 aromatic rings. The van der Waals surface area contributed by atoms with Crippen LogP contribution in [-0.4, -0.2) is 0 Å². The van der Waals surface area contributed by atoms with E-state index in [2.05, 4.69) is 20.4 Å². The molecule has 0 fully saturated rings. The number of allylic oxidation sites excluding steroid dienone is 1. The lowest BCUT2D eigenvalue weighted by Crippen LogP contribution is -2.01. The Kier molecular flexibility index (Phi) is 4.46. The maximum Gasteiger partial charge on any atom is 0.109 e. The SMILES string of the molecule is C=CO/C=C(/N)CC(C)C. The van der Waals surface area contributed by atoms with Gasteiger partial charge in [0, 0.05) is 5.70 Å². The largest absolute Gasteiger partial charge is 0.471 e. The molecule has 10 heavy (non-hydrogen) atoms. The van der Waals surface area contributed by atoms with Crippen molar-refractivity contribution in [1.29, 1.82) is 0 Å². The molecule has 0 radical (unpaired) electrons. The zero-order valence-corrected chi connectivity index (χ0v) is 6.63. The van der Waals surface area contributed by atoms with Crippen molar-refractivity contribution in [1.82, 2.24) is 0 Å². The molecule has 2 N–H and O–H groups in total. The molecule has 0 saturated heterocycles. The Bertz CT molecular complexity index is 127.